The number of hydrogen-bond donors (Lipinski definition) is 1. The van der Waals surface area contributed by atoms with Crippen molar-refractivity contribution < 1.29 is 9.53 Å². The third-order valence-corrected chi connectivity index (χ3v) is 5.91. The maximum Gasteiger partial charge on any atom is 0.234 e. The molecule has 0 saturated heterocycles. The summed E-state index contributed by atoms with van der Waals surface area (Å²) in [5.74, 6) is 2.06. The minimum absolute atomic E-state index is 0.0917. The lowest BCUT2D eigenvalue weighted by atomic mass is 10.0. The van der Waals surface area contributed by atoms with Gasteiger partial charge in [0.05, 0.1) is 5.75 Å². The van der Waals surface area contributed by atoms with E-state index in [2.05, 4.69) is 35.9 Å². The molecule has 0 spiro atoms. The number of aromatic nitrogens is 3. The zero-order chi connectivity index (χ0) is 23.1. The normalized spacial score (nSPS) is 11.9. The SMILES string of the molecule is C=CCn1c(SCC(=O)Nc2ccc(C(C)C)cc2)nnc1C(C)Oc1ccc(C)cc1. The molecule has 0 aliphatic carbocycles. The summed E-state index contributed by atoms with van der Waals surface area (Å²) in [6.45, 7) is 12.6. The second kappa shape index (κ2) is 11.0. The van der Waals surface area contributed by atoms with Crippen molar-refractivity contribution in [3.8, 4) is 5.75 Å². The van der Waals surface area contributed by atoms with Crippen molar-refractivity contribution in [2.75, 3.05) is 11.1 Å². The molecule has 3 rings (SSSR count). The number of nitrogens with zero attached hydrogens (tertiary/aromatic N) is 3. The molecule has 1 aromatic heterocycles. The molecule has 32 heavy (non-hydrogen) atoms. The largest absolute Gasteiger partial charge is 0.483 e. The van der Waals surface area contributed by atoms with Gasteiger partial charge in [-0.3, -0.25) is 9.36 Å². The van der Waals surface area contributed by atoms with E-state index in [0.717, 1.165) is 11.4 Å². The molecule has 7 heteroatoms. The summed E-state index contributed by atoms with van der Waals surface area (Å²) in [6, 6.07) is 15.8. The molecule has 168 valence electrons. The molecule has 0 radical (unpaired) electrons. The number of rotatable bonds is 10. The lowest BCUT2D eigenvalue weighted by Crippen LogP contribution is -2.15. The fraction of sp³-hybridized carbons (Fsp3) is 0.320. The van der Waals surface area contributed by atoms with E-state index in [1.165, 1.54) is 22.9 Å². The van der Waals surface area contributed by atoms with Crippen LogP contribution in [0.1, 0.15) is 49.7 Å². The van der Waals surface area contributed by atoms with Crippen molar-refractivity contribution in [1.29, 1.82) is 0 Å². The number of allylic oxidation sites excluding steroid dienone is 1. The van der Waals surface area contributed by atoms with Crippen LogP contribution in [-0.2, 0) is 11.3 Å². The predicted octanol–water partition coefficient (Wildman–Crippen LogP) is 5.77. The highest BCUT2D eigenvalue weighted by atomic mass is 32.2. The quantitative estimate of drug-likeness (QED) is 0.314. The summed E-state index contributed by atoms with van der Waals surface area (Å²) >= 11 is 1.34. The summed E-state index contributed by atoms with van der Waals surface area (Å²) in [7, 11) is 0. The first-order valence-corrected chi connectivity index (χ1v) is 11.7. The predicted molar refractivity (Wildman–Crippen MR) is 130 cm³/mol. The lowest BCUT2D eigenvalue weighted by molar-refractivity contribution is -0.113. The summed E-state index contributed by atoms with van der Waals surface area (Å²) in [5.41, 5.74) is 3.20. The van der Waals surface area contributed by atoms with Gasteiger partial charge in [-0.2, -0.15) is 0 Å². The zero-order valence-corrected chi connectivity index (χ0v) is 19.9. The van der Waals surface area contributed by atoms with Crippen molar-refractivity contribution in [1.82, 2.24) is 14.8 Å². The van der Waals surface area contributed by atoms with Gasteiger partial charge in [-0.1, -0.05) is 61.5 Å². The Hall–Kier alpha value is -3.06. The fourth-order valence-corrected chi connectivity index (χ4v) is 3.92. The van der Waals surface area contributed by atoms with Gasteiger partial charge in [0.1, 0.15) is 5.75 Å². The topological polar surface area (TPSA) is 69.0 Å². The van der Waals surface area contributed by atoms with Crippen LogP contribution in [0.15, 0.2) is 66.3 Å². The van der Waals surface area contributed by atoms with Gasteiger partial charge in [-0.25, -0.2) is 0 Å². The average Bonchev–Trinajstić information content (AvgIpc) is 3.17. The molecule has 0 saturated carbocycles. The van der Waals surface area contributed by atoms with Gasteiger partial charge in [0.15, 0.2) is 17.1 Å². The molecule has 0 aliphatic rings. The number of hydrogen-bond acceptors (Lipinski definition) is 5. The van der Waals surface area contributed by atoms with Crippen molar-refractivity contribution in [2.24, 2.45) is 0 Å². The lowest BCUT2D eigenvalue weighted by Gasteiger charge is -2.16. The highest BCUT2D eigenvalue weighted by molar-refractivity contribution is 7.99. The Bertz CT molecular complexity index is 1040. The molecular weight excluding hydrogens is 420 g/mol. The number of benzene rings is 2. The molecule has 1 atom stereocenters. The summed E-state index contributed by atoms with van der Waals surface area (Å²) in [6.07, 6.45) is 1.49. The van der Waals surface area contributed by atoms with Gasteiger partial charge in [0.2, 0.25) is 5.91 Å². The van der Waals surface area contributed by atoms with E-state index in [4.69, 9.17) is 4.74 Å². The minimum atomic E-state index is -0.298. The average molecular weight is 451 g/mol. The number of thioether (sulfide) groups is 1. The van der Waals surface area contributed by atoms with Crippen LogP contribution < -0.4 is 10.1 Å². The Balaban J connectivity index is 1.63. The van der Waals surface area contributed by atoms with Crippen molar-refractivity contribution in [3.05, 3.63) is 78.1 Å². The van der Waals surface area contributed by atoms with Crippen molar-refractivity contribution in [2.45, 2.75) is 51.4 Å². The van der Waals surface area contributed by atoms with Gasteiger partial charge < -0.3 is 10.1 Å². The third-order valence-electron chi connectivity index (χ3n) is 4.95. The number of ether oxygens (including phenoxy) is 1. The Labute approximate surface area is 194 Å². The molecule has 1 amide bonds. The molecule has 2 aromatic carbocycles. The Morgan fingerprint density at radius 1 is 1.12 bits per heavy atom. The van der Waals surface area contributed by atoms with E-state index in [0.29, 0.717) is 23.4 Å². The van der Waals surface area contributed by atoms with E-state index < -0.39 is 0 Å². The highest BCUT2D eigenvalue weighted by Gasteiger charge is 2.20. The summed E-state index contributed by atoms with van der Waals surface area (Å²) in [5, 5.41) is 12.2. The molecule has 1 N–H and O–H groups in total. The smallest absolute Gasteiger partial charge is 0.234 e. The van der Waals surface area contributed by atoms with Crippen LogP contribution in [0.25, 0.3) is 0 Å². The van der Waals surface area contributed by atoms with E-state index >= 15 is 0 Å². The Kier molecular flexibility index (Phi) is 8.11. The maximum absolute atomic E-state index is 12.4. The Morgan fingerprint density at radius 3 is 2.44 bits per heavy atom. The van der Waals surface area contributed by atoms with Gasteiger partial charge >= 0.3 is 0 Å². The van der Waals surface area contributed by atoms with E-state index in [1.54, 1.807) is 6.08 Å². The van der Waals surface area contributed by atoms with Crippen LogP contribution in [0, 0.1) is 6.92 Å². The van der Waals surface area contributed by atoms with Crippen LogP contribution in [0.2, 0.25) is 0 Å². The molecular formula is C25H30N4O2S. The van der Waals surface area contributed by atoms with Crippen LogP contribution in [0.4, 0.5) is 5.69 Å². The first-order valence-electron chi connectivity index (χ1n) is 10.7. The molecule has 1 heterocycles. The van der Waals surface area contributed by atoms with Crippen molar-refractivity contribution in [3.63, 3.8) is 0 Å². The van der Waals surface area contributed by atoms with Gasteiger partial charge in [-0.05, 0) is 49.6 Å². The molecule has 0 aliphatic heterocycles. The van der Waals surface area contributed by atoms with Crippen LogP contribution >= 0.6 is 11.8 Å². The van der Waals surface area contributed by atoms with Gasteiger partial charge in [0, 0.05) is 12.2 Å². The standard InChI is InChI=1S/C25H30N4O2S/c1-6-15-29-24(19(5)31-22-13-7-18(4)8-14-22)27-28-25(29)32-16-23(30)26-21-11-9-20(10-12-21)17(2)3/h6-14,17,19H,1,15-16H2,2-5H3,(H,26,30). The maximum atomic E-state index is 12.4. The molecule has 0 bridgehead atoms. The van der Waals surface area contributed by atoms with Crippen LogP contribution in [-0.4, -0.2) is 26.4 Å². The monoisotopic (exact) mass is 450 g/mol. The first-order chi connectivity index (χ1) is 15.4. The first kappa shape index (κ1) is 23.6. The van der Waals surface area contributed by atoms with Gasteiger partial charge in [-0.15, -0.1) is 16.8 Å². The molecule has 1 unspecified atom stereocenters. The van der Waals surface area contributed by atoms with Crippen molar-refractivity contribution >= 4 is 23.4 Å². The van der Waals surface area contributed by atoms with Crippen LogP contribution in [0.3, 0.4) is 0 Å². The third kappa shape index (κ3) is 6.23. The number of aryl methyl sites for hydroxylation is 1. The second-order valence-corrected chi connectivity index (χ2v) is 8.87. The van der Waals surface area contributed by atoms with Crippen LogP contribution in [0.5, 0.6) is 5.75 Å². The number of anilines is 1. The number of carbonyl (C=O) groups excluding carboxylic acids is 1. The summed E-state index contributed by atoms with van der Waals surface area (Å²) < 4.78 is 7.97. The number of carbonyl (C=O) groups is 1. The highest BCUT2D eigenvalue weighted by Crippen LogP contribution is 2.25. The van der Waals surface area contributed by atoms with E-state index in [1.807, 2.05) is 66.9 Å². The second-order valence-electron chi connectivity index (χ2n) is 7.93. The fourth-order valence-electron chi connectivity index (χ4n) is 3.16. The van der Waals surface area contributed by atoms with E-state index in [9.17, 15) is 4.79 Å². The summed E-state index contributed by atoms with van der Waals surface area (Å²) in [4.78, 5) is 12.4. The number of amides is 1. The Morgan fingerprint density at radius 2 is 1.81 bits per heavy atom. The minimum Gasteiger partial charge on any atom is -0.483 e. The van der Waals surface area contributed by atoms with Gasteiger partial charge in [0.25, 0.3) is 0 Å². The van der Waals surface area contributed by atoms with E-state index in [-0.39, 0.29) is 17.8 Å². The zero-order valence-electron chi connectivity index (χ0n) is 19.0. The molecule has 6 nitrogen and oxygen atoms in total. The molecule has 3 aromatic rings. The number of nitrogens with one attached hydrogen (secondary N) is 1. The molecule has 0 fully saturated rings.